The molecule has 0 aromatic heterocycles. The van der Waals surface area contributed by atoms with Crippen molar-refractivity contribution in [2.45, 2.75) is 26.5 Å². The van der Waals surface area contributed by atoms with E-state index < -0.39 is 0 Å². The monoisotopic (exact) mass is 396 g/mol. The van der Waals surface area contributed by atoms with E-state index in [1.54, 1.807) is 26.0 Å². The van der Waals surface area contributed by atoms with Crippen LogP contribution in [0.2, 0.25) is 0 Å². The van der Waals surface area contributed by atoms with Crippen LogP contribution < -0.4 is 10.6 Å². The number of aliphatic imine (C=N–C) groups is 1. The van der Waals surface area contributed by atoms with Crippen LogP contribution in [0.5, 0.6) is 0 Å². The molecule has 0 spiro atoms. The first-order valence-corrected chi connectivity index (χ1v) is 9.94. The van der Waals surface area contributed by atoms with Gasteiger partial charge in [-0.15, -0.1) is 0 Å². The smallest absolute Gasteiger partial charge is 0.253 e. The Morgan fingerprint density at radius 3 is 2.41 bits per heavy atom. The van der Waals surface area contributed by atoms with Crippen LogP contribution in [-0.4, -0.2) is 51.1 Å². The molecule has 156 valence electrons. The summed E-state index contributed by atoms with van der Waals surface area (Å²) in [7, 11) is 5.29. The highest BCUT2D eigenvalue weighted by molar-refractivity contribution is 5.94. The maximum Gasteiger partial charge on any atom is 0.253 e. The molecule has 0 heterocycles. The van der Waals surface area contributed by atoms with Crippen LogP contribution in [0.25, 0.3) is 0 Å². The molecule has 0 radical (unpaired) electrons. The molecule has 6 heteroatoms. The zero-order chi connectivity index (χ0) is 21.1. The first-order chi connectivity index (χ1) is 14.0. The van der Waals surface area contributed by atoms with Crippen molar-refractivity contribution in [2.75, 3.05) is 34.3 Å². The van der Waals surface area contributed by atoms with E-state index in [0.29, 0.717) is 18.7 Å². The molecule has 0 aliphatic rings. The van der Waals surface area contributed by atoms with Crippen LogP contribution >= 0.6 is 0 Å². The molecular formula is C23H32N4O2. The summed E-state index contributed by atoms with van der Waals surface area (Å²) < 4.78 is 5.42. The number of hydrogen-bond acceptors (Lipinski definition) is 3. The summed E-state index contributed by atoms with van der Waals surface area (Å²) in [6.07, 6.45) is 0.807. The second-order valence-corrected chi connectivity index (χ2v) is 6.96. The highest BCUT2D eigenvalue weighted by atomic mass is 16.5. The summed E-state index contributed by atoms with van der Waals surface area (Å²) in [6, 6.07) is 16.1. The molecule has 2 aromatic carbocycles. The third-order valence-electron chi connectivity index (χ3n) is 4.47. The zero-order valence-electron chi connectivity index (χ0n) is 17.9. The Bertz CT molecular complexity index is 801. The minimum absolute atomic E-state index is 0.0181. The second kappa shape index (κ2) is 11.9. The lowest BCUT2D eigenvalue weighted by Crippen LogP contribution is -2.37. The molecule has 6 nitrogen and oxygen atoms in total. The van der Waals surface area contributed by atoms with E-state index in [4.69, 9.17) is 4.74 Å². The Labute approximate surface area is 174 Å². The molecule has 2 rings (SSSR count). The summed E-state index contributed by atoms with van der Waals surface area (Å²) >= 11 is 0. The lowest BCUT2D eigenvalue weighted by molar-refractivity contribution is 0.0827. The number of rotatable bonds is 9. The van der Waals surface area contributed by atoms with Gasteiger partial charge in [0, 0.05) is 46.4 Å². The number of hydrogen-bond donors (Lipinski definition) is 2. The van der Waals surface area contributed by atoms with Gasteiger partial charge in [0.15, 0.2) is 5.96 Å². The molecule has 1 amide bonds. The van der Waals surface area contributed by atoms with Crippen LogP contribution in [0.3, 0.4) is 0 Å². The summed E-state index contributed by atoms with van der Waals surface area (Å²) in [4.78, 5) is 18.0. The number of carbonyl (C=O) groups excluding carboxylic acids is 1. The van der Waals surface area contributed by atoms with Crippen LogP contribution in [0.1, 0.15) is 34.0 Å². The third-order valence-corrected chi connectivity index (χ3v) is 4.47. The molecular weight excluding hydrogens is 364 g/mol. The Morgan fingerprint density at radius 1 is 1.03 bits per heavy atom. The Morgan fingerprint density at radius 2 is 1.76 bits per heavy atom. The van der Waals surface area contributed by atoms with Gasteiger partial charge in [-0.1, -0.05) is 36.4 Å². The number of nitrogens with zero attached hydrogens (tertiary/aromatic N) is 2. The summed E-state index contributed by atoms with van der Waals surface area (Å²) in [6.45, 7) is 4.79. The Balaban J connectivity index is 1.79. The summed E-state index contributed by atoms with van der Waals surface area (Å²) in [5, 5.41) is 6.65. The summed E-state index contributed by atoms with van der Waals surface area (Å²) in [5.41, 5.74) is 4.18. The molecule has 0 fully saturated rings. The fourth-order valence-electron chi connectivity index (χ4n) is 2.82. The standard InChI is InChI=1S/C23H32N4O2/c1-5-29-17-20-11-9-19(10-12-20)16-26-23(24-2)25-14-13-18-7-6-8-21(15-18)22(28)27(3)4/h6-12,15H,5,13-14,16-17H2,1-4H3,(H2,24,25,26). The van der Waals surface area contributed by atoms with E-state index in [1.165, 1.54) is 11.1 Å². The molecule has 29 heavy (non-hydrogen) atoms. The normalized spacial score (nSPS) is 11.2. The van der Waals surface area contributed by atoms with Crippen molar-refractivity contribution in [3.63, 3.8) is 0 Å². The van der Waals surface area contributed by atoms with E-state index in [1.807, 2.05) is 31.2 Å². The predicted octanol–water partition coefficient (Wildman–Crippen LogP) is 2.83. The first-order valence-electron chi connectivity index (χ1n) is 9.94. The zero-order valence-corrected chi connectivity index (χ0v) is 17.9. The topological polar surface area (TPSA) is 66.0 Å². The second-order valence-electron chi connectivity index (χ2n) is 6.96. The van der Waals surface area contributed by atoms with Crippen LogP contribution in [0, 0.1) is 0 Å². The maximum absolute atomic E-state index is 12.1. The van der Waals surface area contributed by atoms with Gasteiger partial charge in [0.25, 0.3) is 5.91 Å². The summed E-state index contributed by atoms with van der Waals surface area (Å²) in [5.74, 6) is 0.772. The van der Waals surface area contributed by atoms with Gasteiger partial charge in [-0.2, -0.15) is 0 Å². The third kappa shape index (κ3) is 7.58. The minimum Gasteiger partial charge on any atom is -0.377 e. The van der Waals surface area contributed by atoms with Gasteiger partial charge >= 0.3 is 0 Å². The fourth-order valence-corrected chi connectivity index (χ4v) is 2.82. The van der Waals surface area contributed by atoms with Crippen molar-refractivity contribution < 1.29 is 9.53 Å². The lowest BCUT2D eigenvalue weighted by Gasteiger charge is -2.13. The largest absolute Gasteiger partial charge is 0.377 e. The van der Waals surface area contributed by atoms with Crippen molar-refractivity contribution >= 4 is 11.9 Å². The van der Waals surface area contributed by atoms with Gasteiger partial charge in [-0.05, 0) is 42.2 Å². The molecule has 0 unspecified atom stereocenters. The van der Waals surface area contributed by atoms with Gasteiger partial charge < -0.3 is 20.3 Å². The SMILES string of the molecule is CCOCc1ccc(CNC(=NC)NCCc2cccc(C(=O)N(C)C)c2)cc1. The average molecular weight is 397 g/mol. The van der Waals surface area contributed by atoms with Crippen molar-refractivity contribution in [1.82, 2.24) is 15.5 Å². The number of amides is 1. The van der Waals surface area contributed by atoms with E-state index >= 15 is 0 Å². The van der Waals surface area contributed by atoms with Gasteiger partial charge in [0.2, 0.25) is 0 Å². The molecule has 0 bridgehead atoms. The van der Waals surface area contributed by atoms with Gasteiger partial charge in [0.1, 0.15) is 0 Å². The van der Waals surface area contributed by atoms with E-state index in [-0.39, 0.29) is 5.91 Å². The minimum atomic E-state index is 0.0181. The molecule has 0 atom stereocenters. The Hall–Kier alpha value is -2.86. The molecule has 0 saturated heterocycles. The van der Waals surface area contributed by atoms with Crippen LogP contribution in [0.4, 0.5) is 0 Å². The van der Waals surface area contributed by atoms with E-state index in [0.717, 1.165) is 31.1 Å². The molecule has 0 saturated carbocycles. The average Bonchev–Trinajstić information content (AvgIpc) is 2.75. The van der Waals surface area contributed by atoms with Crippen molar-refractivity contribution in [3.05, 3.63) is 70.8 Å². The fraction of sp³-hybridized carbons (Fsp3) is 0.391. The highest BCUT2D eigenvalue weighted by Gasteiger charge is 2.08. The molecule has 0 aliphatic heterocycles. The first kappa shape index (κ1) is 22.4. The molecule has 0 aliphatic carbocycles. The molecule has 2 aromatic rings. The van der Waals surface area contributed by atoms with Crippen molar-refractivity contribution in [3.8, 4) is 0 Å². The van der Waals surface area contributed by atoms with E-state index in [9.17, 15) is 4.79 Å². The lowest BCUT2D eigenvalue weighted by atomic mass is 10.1. The van der Waals surface area contributed by atoms with E-state index in [2.05, 4.69) is 39.9 Å². The van der Waals surface area contributed by atoms with Crippen LogP contribution in [0.15, 0.2) is 53.5 Å². The van der Waals surface area contributed by atoms with Gasteiger partial charge in [-0.3, -0.25) is 9.79 Å². The van der Waals surface area contributed by atoms with Crippen molar-refractivity contribution in [1.29, 1.82) is 0 Å². The number of nitrogens with one attached hydrogen (secondary N) is 2. The number of benzene rings is 2. The number of guanidine groups is 1. The number of ether oxygens (including phenoxy) is 1. The number of carbonyl (C=O) groups is 1. The van der Waals surface area contributed by atoms with Gasteiger partial charge in [-0.25, -0.2) is 0 Å². The Kier molecular flexibility index (Phi) is 9.18. The predicted molar refractivity (Wildman–Crippen MR) is 118 cm³/mol. The maximum atomic E-state index is 12.1. The quantitative estimate of drug-likeness (QED) is 0.505. The van der Waals surface area contributed by atoms with Crippen molar-refractivity contribution in [2.24, 2.45) is 4.99 Å². The van der Waals surface area contributed by atoms with Gasteiger partial charge in [0.05, 0.1) is 6.61 Å². The highest BCUT2D eigenvalue weighted by Crippen LogP contribution is 2.08. The molecule has 2 N–H and O–H groups in total. The van der Waals surface area contributed by atoms with Crippen LogP contribution in [-0.2, 0) is 24.3 Å².